The molecule has 0 bridgehead atoms. The van der Waals surface area contributed by atoms with Crippen molar-refractivity contribution in [2.45, 2.75) is 50.9 Å². The van der Waals surface area contributed by atoms with Gasteiger partial charge in [0.15, 0.2) is 0 Å². The number of hydrogen-bond donors (Lipinski definition) is 2. The third kappa shape index (κ3) is 4.70. The van der Waals surface area contributed by atoms with Gasteiger partial charge in [-0.15, -0.1) is 0 Å². The number of benzene rings is 1. The first-order valence-corrected chi connectivity index (χ1v) is 7.96. The summed E-state index contributed by atoms with van der Waals surface area (Å²) in [7, 11) is 0. The van der Waals surface area contributed by atoms with E-state index in [0.717, 1.165) is 5.56 Å². The zero-order chi connectivity index (χ0) is 17.0. The molecule has 0 aromatic heterocycles. The van der Waals surface area contributed by atoms with E-state index in [2.05, 4.69) is 5.32 Å². The van der Waals surface area contributed by atoms with Crippen molar-refractivity contribution in [2.75, 3.05) is 0 Å². The van der Waals surface area contributed by atoms with E-state index < -0.39 is 30.1 Å². The minimum Gasteiger partial charge on any atom is -0.353 e. The highest BCUT2D eigenvalue weighted by Crippen LogP contribution is 2.37. The molecule has 6 heteroatoms. The Kier molecular flexibility index (Phi) is 5.68. The summed E-state index contributed by atoms with van der Waals surface area (Å²) in [6, 6.07) is 8.33. The Hall–Kier alpha value is -1.56. The minimum absolute atomic E-state index is 0.0392. The molecular weight excluding hydrogens is 305 g/mol. The van der Waals surface area contributed by atoms with Crippen LogP contribution in [-0.4, -0.2) is 18.1 Å². The first-order chi connectivity index (χ1) is 10.8. The number of halogens is 3. The van der Waals surface area contributed by atoms with Crippen LogP contribution in [0.4, 0.5) is 13.2 Å². The van der Waals surface area contributed by atoms with Crippen molar-refractivity contribution < 1.29 is 18.0 Å². The SMILES string of the molecule is CC(C(=O)NC1CCCC(C(F)(F)F)C1)C(N)c1ccccc1. The van der Waals surface area contributed by atoms with Gasteiger partial charge in [-0.3, -0.25) is 4.79 Å². The molecule has 0 heterocycles. The molecule has 1 fully saturated rings. The summed E-state index contributed by atoms with van der Waals surface area (Å²) in [5, 5.41) is 2.75. The molecule has 0 aliphatic heterocycles. The zero-order valence-corrected chi connectivity index (χ0v) is 13.1. The summed E-state index contributed by atoms with van der Waals surface area (Å²) in [4.78, 5) is 12.3. The fourth-order valence-corrected chi connectivity index (χ4v) is 3.08. The second-order valence-corrected chi connectivity index (χ2v) is 6.34. The molecule has 0 radical (unpaired) electrons. The Morgan fingerprint density at radius 1 is 1.26 bits per heavy atom. The van der Waals surface area contributed by atoms with Gasteiger partial charge in [-0.25, -0.2) is 0 Å². The summed E-state index contributed by atoms with van der Waals surface area (Å²) in [6.07, 6.45) is -3.01. The third-order valence-corrected chi connectivity index (χ3v) is 4.62. The van der Waals surface area contributed by atoms with Crippen LogP contribution in [-0.2, 0) is 4.79 Å². The van der Waals surface area contributed by atoms with Crippen molar-refractivity contribution in [3.05, 3.63) is 35.9 Å². The van der Waals surface area contributed by atoms with E-state index in [1.807, 2.05) is 30.3 Å². The quantitative estimate of drug-likeness (QED) is 0.888. The monoisotopic (exact) mass is 328 g/mol. The summed E-state index contributed by atoms with van der Waals surface area (Å²) in [6.45, 7) is 1.71. The molecule has 1 aromatic rings. The predicted octanol–water partition coefficient (Wildman–Crippen LogP) is 3.56. The predicted molar refractivity (Wildman–Crippen MR) is 82.5 cm³/mol. The van der Waals surface area contributed by atoms with Crippen LogP contribution in [0, 0.1) is 11.8 Å². The van der Waals surface area contributed by atoms with Crippen molar-refractivity contribution in [3.63, 3.8) is 0 Å². The molecule has 3 nitrogen and oxygen atoms in total. The number of nitrogens with one attached hydrogen (secondary N) is 1. The van der Waals surface area contributed by atoms with Crippen molar-refractivity contribution in [1.29, 1.82) is 0 Å². The number of rotatable bonds is 4. The van der Waals surface area contributed by atoms with Gasteiger partial charge < -0.3 is 11.1 Å². The largest absolute Gasteiger partial charge is 0.391 e. The Morgan fingerprint density at radius 2 is 1.91 bits per heavy atom. The standard InChI is InChI=1S/C17H23F3N2O/c1-11(15(21)12-6-3-2-4-7-12)16(23)22-14-9-5-8-13(10-14)17(18,19)20/h2-4,6-7,11,13-15H,5,8-10,21H2,1H3,(H,22,23). The number of hydrogen-bond acceptors (Lipinski definition) is 2. The Balaban J connectivity index is 1.93. The molecule has 1 aliphatic rings. The Morgan fingerprint density at radius 3 is 2.52 bits per heavy atom. The molecule has 3 N–H and O–H groups in total. The van der Waals surface area contributed by atoms with Crippen LogP contribution in [0.3, 0.4) is 0 Å². The highest BCUT2D eigenvalue weighted by atomic mass is 19.4. The average molecular weight is 328 g/mol. The lowest BCUT2D eigenvalue weighted by Gasteiger charge is -2.32. The normalized spacial score (nSPS) is 24.7. The van der Waals surface area contributed by atoms with Crippen molar-refractivity contribution >= 4 is 5.91 Å². The fourth-order valence-electron chi connectivity index (χ4n) is 3.08. The van der Waals surface area contributed by atoms with Crippen LogP contribution in [0.5, 0.6) is 0 Å². The van der Waals surface area contributed by atoms with Gasteiger partial charge >= 0.3 is 6.18 Å². The van der Waals surface area contributed by atoms with E-state index in [1.165, 1.54) is 0 Å². The van der Waals surface area contributed by atoms with Crippen LogP contribution < -0.4 is 11.1 Å². The van der Waals surface area contributed by atoms with Gasteiger partial charge in [0.25, 0.3) is 0 Å². The van der Waals surface area contributed by atoms with Gasteiger partial charge in [-0.1, -0.05) is 43.7 Å². The van der Waals surface area contributed by atoms with Crippen molar-refractivity contribution in [2.24, 2.45) is 17.6 Å². The number of carbonyl (C=O) groups is 1. The number of amides is 1. The van der Waals surface area contributed by atoms with E-state index in [9.17, 15) is 18.0 Å². The van der Waals surface area contributed by atoms with Crippen molar-refractivity contribution in [1.82, 2.24) is 5.32 Å². The van der Waals surface area contributed by atoms with Gasteiger partial charge in [0, 0.05) is 12.1 Å². The lowest BCUT2D eigenvalue weighted by atomic mass is 9.84. The summed E-state index contributed by atoms with van der Waals surface area (Å²) < 4.78 is 38.5. The molecule has 23 heavy (non-hydrogen) atoms. The van der Waals surface area contributed by atoms with Gasteiger partial charge in [0.05, 0.1) is 11.8 Å². The first-order valence-electron chi connectivity index (χ1n) is 7.96. The maximum Gasteiger partial charge on any atom is 0.391 e. The van der Waals surface area contributed by atoms with E-state index in [-0.39, 0.29) is 18.7 Å². The maximum atomic E-state index is 12.8. The van der Waals surface area contributed by atoms with Crippen molar-refractivity contribution in [3.8, 4) is 0 Å². The smallest absolute Gasteiger partial charge is 0.353 e. The molecule has 1 aromatic carbocycles. The number of nitrogens with two attached hydrogens (primary N) is 1. The molecule has 0 saturated heterocycles. The first kappa shape index (κ1) is 17.8. The topological polar surface area (TPSA) is 55.1 Å². The highest BCUT2D eigenvalue weighted by molar-refractivity contribution is 5.79. The van der Waals surface area contributed by atoms with Crippen LogP contribution in [0.1, 0.15) is 44.2 Å². The van der Waals surface area contributed by atoms with Crippen LogP contribution >= 0.6 is 0 Å². The zero-order valence-electron chi connectivity index (χ0n) is 13.1. The lowest BCUT2D eigenvalue weighted by molar-refractivity contribution is -0.184. The van der Waals surface area contributed by atoms with Crippen LogP contribution in [0.15, 0.2) is 30.3 Å². The van der Waals surface area contributed by atoms with E-state index in [0.29, 0.717) is 12.8 Å². The molecule has 0 spiro atoms. The van der Waals surface area contributed by atoms with Gasteiger partial charge in [0.1, 0.15) is 0 Å². The minimum atomic E-state index is -4.19. The van der Waals surface area contributed by atoms with Gasteiger partial charge in [-0.2, -0.15) is 13.2 Å². The summed E-state index contributed by atoms with van der Waals surface area (Å²) in [5.41, 5.74) is 6.94. The van der Waals surface area contributed by atoms with Crippen LogP contribution in [0.25, 0.3) is 0 Å². The fraction of sp³-hybridized carbons (Fsp3) is 0.588. The Labute approximate surface area is 134 Å². The van der Waals surface area contributed by atoms with Gasteiger partial charge in [0.2, 0.25) is 5.91 Å². The molecular formula is C17H23F3N2O. The maximum absolute atomic E-state index is 12.8. The highest BCUT2D eigenvalue weighted by Gasteiger charge is 2.42. The van der Waals surface area contributed by atoms with E-state index >= 15 is 0 Å². The molecule has 2 rings (SSSR count). The summed E-state index contributed by atoms with van der Waals surface area (Å²) in [5.74, 6) is -2.10. The average Bonchev–Trinajstić information content (AvgIpc) is 2.53. The van der Waals surface area contributed by atoms with Crippen LogP contribution in [0.2, 0.25) is 0 Å². The Bertz CT molecular complexity index is 518. The molecule has 1 saturated carbocycles. The lowest BCUT2D eigenvalue weighted by Crippen LogP contribution is -2.45. The molecule has 128 valence electrons. The second kappa shape index (κ2) is 7.34. The van der Waals surface area contributed by atoms with E-state index in [4.69, 9.17) is 5.73 Å². The number of alkyl halides is 3. The second-order valence-electron chi connectivity index (χ2n) is 6.34. The summed E-state index contributed by atoms with van der Waals surface area (Å²) >= 11 is 0. The molecule has 1 amide bonds. The van der Waals surface area contributed by atoms with E-state index in [1.54, 1.807) is 6.92 Å². The van der Waals surface area contributed by atoms with Gasteiger partial charge in [-0.05, 0) is 24.8 Å². The molecule has 1 aliphatic carbocycles. The third-order valence-electron chi connectivity index (χ3n) is 4.62. The molecule has 4 atom stereocenters. The molecule has 4 unspecified atom stereocenters. The number of carbonyl (C=O) groups excluding carboxylic acids is 1.